The summed E-state index contributed by atoms with van der Waals surface area (Å²) in [6.07, 6.45) is 4.85. The summed E-state index contributed by atoms with van der Waals surface area (Å²) < 4.78 is 0. The SMILES string of the molecule is O=C1CCC(CNC(=O)N2CCCCC2)N1. The molecule has 2 fully saturated rings. The van der Waals surface area contributed by atoms with Gasteiger partial charge in [-0.05, 0) is 25.7 Å². The molecule has 2 heterocycles. The van der Waals surface area contributed by atoms with Crippen LogP contribution in [0.15, 0.2) is 0 Å². The van der Waals surface area contributed by atoms with Gasteiger partial charge in [0, 0.05) is 32.1 Å². The highest BCUT2D eigenvalue weighted by Gasteiger charge is 2.22. The van der Waals surface area contributed by atoms with Crippen molar-refractivity contribution in [1.29, 1.82) is 0 Å². The van der Waals surface area contributed by atoms with Crippen LogP contribution in [0.2, 0.25) is 0 Å². The third-order valence-corrected chi connectivity index (χ3v) is 3.23. The number of carbonyl (C=O) groups excluding carboxylic acids is 2. The fourth-order valence-corrected chi connectivity index (χ4v) is 2.25. The first-order chi connectivity index (χ1) is 7.75. The highest BCUT2D eigenvalue weighted by Crippen LogP contribution is 2.09. The Morgan fingerprint density at radius 2 is 2.12 bits per heavy atom. The molecule has 0 saturated carbocycles. The fraction of sp³-hybridized carbons (Fsp3) is 0.818. The van der Waals surface area contributed by atoms with Gasteiger partial charge in [-0.3, -0.25) is 4.79 Å². The number of amides is 3. The summed E-state index contributed by atoms with van der Waals surface area (Å²) >= 11 is 0. The van der Waals surface area contributed by atoms with Crippen LogP contribution in [0.25, 0.3) is 0 Å². The summed E-state index contributed by atoms with van der Waals surface area (Å²) in [5.74, 6) is 0.0946. The maximum absolute atomic E-state index is 11.7. The van der Waals surface area contributed by atoms with Crippen LogP contribution < -0.4 is 10.6 Å². The quantitative estimate of drug-likeness (QED) is 0.717. The van der Waals surface area contributed by atoms with Crippen molar-refractivity contribution in [3.63, 3.8) is 0 Å². The number of nitrogens with one attached hydrogen (secondary N) is 2. The molecule has 0 aromatic carbocycles. The van der Waals surface area contributed by atoms with Gasteiger partial charge in [0.15, 0.2) is 0 Å². The Bertz CT molecular complexity index is 274. The number of likely N-dealkylation sites (tertiary alicyclic amines) is 1. The van der Waals surface area contributed by atoms with E-state index in [1.54, 1.807) is 0 Å². The zero-order valence-corrected chi connectivity index (χ0v) is 9.50. The number of rotatable bonds is 2. The van der Waals surface area contributed by atoms with E-state index in [0.29, 0.717) is 13.0 Å². The lowest BCUT2D eigenvalue weighted by atomic mass is 10.1. The smallest absolute Gasteiger partial charge is 0.317 e. The van der Waals surface area contributed by atoms with Crippen LogP contribution in [0.1, 0.15) is 32.1 Å². The molecule has 2 saturated heterocycles. The number of carbonyl (C=O) groups is 2. The monoisotopic (exact) mass is 225 g/mol. The van der Waals surface area contributed by atoms with Gasteiger partial charge in [0.2, 0.25) is 5.91 Å². The van der Waals surface area contributed by atoms with E-state index >= 15 is 0 Å². The molecule has 0 aliphatic carbocycles. The molecule has 1 atom stereocenters. The summed E-state index contributed by atoms with van der Waals surface area (Å²) in [5.41, 5.74) is 0. The average Bonchev–Trinajstić information content (AvgIpc) is 2.73. The Balaban J connectivity index is 1.68. The normalized spacial score (nSPS) is 25.4. The lowest BCUT2D eigenvalue weighted by Gasteiger charge is -2.27. The molecule has 2 N–H and O–H groups in total. The summed E-state index contributed by atoms with van der Waals surface area (Å²) in [4.78, 5) is 24.6. The molecule has 5 nitrogen and oxygen atoms in total. The standard InChI is InChI=1S/C11H19N3O2/c15-10-5-4-9(13-10)8-12-11(16)14-6-2-1-3-7-14/h9H,1-8H2,(H,12,16)(H,13,15). The second kappa shape index (κ2) is 5.18. The molecule has 0 bridgehead atoms. The van der Waals surface area contributed by atoms with Crippen LogP contribution in [0.5, 0.6) is 0 Å². The second-order valence-electron chi connectivity index (χ2n) is 4.54. The van der Waals surface area contributed by atoms with Crippen LogP contribution in [0, 0.1) is 0 Å². The maximum Gasteiger partial charge on any atom is 0.317 e. The maximum atomic E-state index is 11.7. The van der Waals surface area contributed by atoms with Gasteiger partial charge >= 0.3 is 6.03 Å². The van der Waals surface area contributed by atoms with E-state index in [-0.39, 0.29) is 18.0 Å². The number of hydrogen-bond acceptors (Lipinski definition) is 2. The van der Waals surface area contributed by atoms with Crippen molar-refractivity contribution in [3.8, 4) is 0 Å². The molecule has 0 aromatic rings. The van der Waals surface area contributed by atoms with Crippen molar-refractivity contribution in [2.45, 2.75) is 38.1 Å². The van der Waals surface area contributed by atoms with E-state index in [2.05, 4.69) is 10.6 Å². The third-order valence-electron chi connectivity index (χ3n) is 3.23. The predicted molar refractivity (Wildman–Crippen MR) is 60.0 cm³/mol. The lowest BCUT2D eigenvalue weighted by Crippen LogP contribution is -2.46. The predicted octanol–water partition coefficient (Wildman–Crippen LogP) is 0.460. The average molecular weight is 225 g/mol. The first-order valence-electron chi connectivity index (χ1n) is 6.08. The minimum Gasteiger partial charge on any atom is -0.352 e. The van der Waals surface area contributed by atoms with E-state index in [4.69, 9.17) is 0 Å². The van der Waals surface area contributed by atoms with Gasteiger partial charge in [-0.1, -0.05) is 0 Å². The van der Waals surface area contributed by atoms with Gasteiger partial charge < -0.3 is 15.5 Å². The van der Waals surface area contributed by atoms with Crippen molar-refractivity contribution in [1.82, 2.24) is 15.5 Å². The number of hydrogen-bond donors (Lipinski definition) is 2. The van der Waals surface area contributed by atoms with Gasteiger partial charge in [0.25, 0.3) is 0 Å². The van der Waals surface area contributed by atoms with Crippen molar-refractivity contribution in [3.05, 3.63) is 0 Å². The molecule has 2 aliphatic rings. The Hall–Kier alpha value is -1.26. The van der Waals surface area contributed by atoms with Gasteiger partial charge in [-0.2, -0.15) is 0 Å². The van der Waals surface area contributed by atoms with Gasteiger partial charge in [-0.25, -0.2) is 4.79 Å². The third kappa shape index (κ3) is 2.87. The molecule has 0 spiro atoms. The van der Waals surface area contributed by atoms with Crippen LogP contribution in [0.3, 0.4) is 0 Å². The van der Waals surface area contributed by atoms with Crippen LogP contribution in [-0.4, -0.2) is 42.5 Å². The lowest BCUT2D eigenvalue weighted by molar-refractivity contribution is -0.119. The minimum atomic E-state index is 0.0147. The number of urea groups is 1. The first kappa shape index (κ1) is 11.2. The Kier molecular flexibility index (Phi) is 3.64. The molecule has 2 rings (SSSR count). The van der Waals surface area contributed by atoms with Gasteiger partial charge in [0.1, 0.15) is 0 Å². The highest BCUT2D eigenvalue weighted by molar-refractivity contribution is 5.79. The molecule has 90 valence electrons. The molecular weight excluding hydrogens is 206 g/mol. The van der Waals surface area contributed by atoms with Crippen molar-refractivity contribution < 1.29 is 9.59 Å². The van der Waals surface area contributed by atoms with Crippen LogP contribution in [0.4, 0.5) is 4.79 Å². The van der Waals surface area contributed by atoms with Gasteiger partial charge in [-0.15, -0.1) is 0 Å². The van der Waals surface area contributed by atoms with Crippen molar-refractivity contribution in [2.24, 2.45) is 0 Å². The van der Waals surface area contributed by atoms with E-state index in [0.717, 1.165) is 32.4 Å². The van der Waals surface area contributed by atoms with Crippen molar-refractivity contribution >= 4 is 11.9 Å². The molecule has 3 amide bonds. The van der Waals surface area contributed by atoms with E-state index in [1.807, 2.05) is 4.90 Å². The van der Waals surface area contributed by atoms with E-state index in [9.17, 15) is 9.59 Å². The molecule has 5 heteroatoms. The summed E-state index contributed by atoms with van der Waals surface area (Å²) in [7, 11) is 0. The number of piperidine rings is 1. The molecule has 1 unspecified atom stereocenters. The zero-order chi connectivity index (χ0) is 11.4. The summed E-state index contributed by atoms with van der Waals surface area (Å²) in [6.45, 7) is 2.28. The van der Waals surface area contributed by atoms with Crippen LogP contribution >= 0.6 is 0 Å². The molecule has 2 aliphatic heterocycles. The highest BCUT2D eigenvalue weighted by atomic mass is 16.2. The second-order valence-corrected chi connectivity index (χ2v) is 4.54. The van der Waals surface area contributed by atoms with Gasteiger partial charge in [0.05, 0.1) is 0 Å². The Labute approximate surface area is 95.6 Å². The largest absolute Gasteiger partial charge is 0.352 e. The molecular formula is C11H19N3O2. The summed E-state index contributed by atoms with van der Waals surface area (Å²) in [6, 6.07) is 0.141. The Morgan fingerprint density at radius 3 is 2.75 bits per heavy atom. The number of nitrogens with zero attached hydrogens (tertiary/aromatic N) is 1. The van der Waals surface area contributed by atoms with Crippen LogP contribution in [-0.2, 0) is 4.79 Å². The zero-order valence-electron chi connectivity index (χ0n) is 9.50. The van der Waals surface area contributed by atoms with E-state index < -0.39 is 0 Å². The first-order valence-corrected chi connectivity index (χ1v) is 6.08. The molecule has 16 heavy (non-hydrogen) atoms. The van der Waals surface area contributed by atoms with E-state index in [1.165, 1.54) is 6.42 Å². The summed E-state index contributed by atoms with van der Waals surface area (Å²) in [5, 5.41) is 5.73. The van der Waals surface area contributed by atoms with Crippen molar-refractivity contribution in [2.75, 3.05) is 19.6 Å². The fourth-order valence-electron chi connectivity index (χ4n) is 2.25. The molecule has 0 radical (unpaired) electrons. The Morgan fingerprint density at radius 1 is 1.38 bits per heavy atom. The topological polar surface area (TPSA) is 61.4 Å². The minimum absolute atomic E-state index is 0.0147. The molecule has 0 aromatic heterocycles.